The number of piperidine rings is 1. The van der Waals surface area contributed by atoms with E-state index in [1.807, 2.05) is 43.3 Å². The van der Waals surface area contributed by atoms with Crippen LogP contribution in [0.5, 0.6) is 0 Å². The van der Waals surface area contributed by atoms with E-state index < -0.39 is 0 Å². The Morgan fingerprint density at radius 2 is 1.59 bits per heavy atom. The molecule has 2 N–H and O–H groups in total. The first kappa shape index (κ1) is 23.6. The quantitative estimate of drug-likeness (QED) is 0.513. The molecule has 4 rings (SSSR count). The van der Waals surface area contributed by atoms with Crippen LogP contribution in [0.15, 0.2) is 78.9 Å². The highest BCUT2D eigenvalue weighted by Gasteiger charge is 2.26. The summed E-state index contributed by atoms with van der Waals surface area (Å²) in [6.07, 6.45) is 1.48. The Bertz CT molecular complexity index is 1110. The van der Waals surface area contributed by atoms with Gasteiger partial charge in [0.15, 0.2) is 0 Å². The van der Waals surface area contributed by atoms with Crippen LogP contribution in [0.3, 0.4) is 0 Å². The summed E-state index contributed by atoms with van der Waals surface area (Å²) in [5.74, 6) is -0.620. The fourth-order valence-corrected chi connectivity index (χ4v) is 4.33. The van der Waals surface area contributed by atoms with E-state index in [0.29, 0.717) is 11.3 Å². The predicted molar refractivity (Wildman–Crippen MR) is 132 cm³/mol. The zero-order valence-corrected chi connectivity index (χ0v) is 19.3. The van der Waals surface area contributed by atoms with Crippen LogP contribution in [0.25, 0.3) is 0 Å². The minimum Gasteiger partial charge on any atom is -0.345 e. The highest BCUT2D eigenvalue weighted by molar-refractivity contribution is 6.04. The molecule has 3 aromatic carbocycles. The third kappa shape index (κ3) is 6.08. The zero-order chi connectivity index (χ0) is 23.9. The minimum atomic E-state index is -0.234. The van der Waals surface area contributed by atoms with Gasteiger partial charge in [0, 0.05) is 12.5 Å². The zero-order valence-electron chi connectivity index (χ0n) is 19.3. The average Bonchev–Trinajstić information content (AvgIpc) is 2.86. The van der Waals surface area contributed by atoms with Crippen molar-refractivity contribution in [3.05, 3.63) is 101 Å². The van der Waals surface area contributed by atoms with Gasteiger partial charge in [-0.25, -0.2) is 4.39 Å². The highest BCUT2D eigenvalue weighted by Crippen LogP contribution is 2.23. The van der Waals surface area contributed by atoms with Crippen molar-refractivity contribution in [3.63, 3.8) is 0 Å². The monoisotopic (exact) mass is 459 g/mol. The number of amides is 2. The molecule has 3 aromatic rings. The first-order chi connectivity index (χ1) is 16.5. The molecule has 1 aliphatic rings. The van der Waals surface area contributed by atoms with Crippen LogP contribution in [0.1, 0.15) is 47.3 Å². The van der Waals surface area contributed by atoms with E-state index in [4.69, 9.17) is 0 Å². The maximum atomic E-state index is 13.1. The molecular formula is C28H30FN3O2. The van der Waals surface area contributed by atoms with Crippen molar-refractivity contribution in [1.29, 1.82) is 0 Å². The van der Waals surface area contributed by atoms with E-state index in [1.54, 1.807) is 30.3 Å². The van der Waals surface area contributed by atoms with Crippen LogP contribution in [-0.2, 0) is 11.3 Å². The van der Waals surface area contributed by atoms with Gasteiger partial charge in [-0.1, -0.05) is 54.6 Å². The molecule has 1 heterocycles. The number of rotatable bonds is 7. The van der Waals surface area contributed by atoms with Gasteiger partial charge in [-0.05, 0) is 68.2 Å². The molecule has 5 nitrogen and oxygen atoms in total. The second-order valence-corrected chi connectivity index (χ2v) is 8.82. The number of nitrogens with one attached hydrogen (secondary N) is 2. The van der Waals surface area contributed by atoms with Crippen LogP contribution >= 0.6 is 0 Å². The lowest BCUT2D eigenvalue weighted by atomic mass is 9.95. The maximum Gasteiger partial charge on any atom is 0.253 e. The van der Waals surface area contributed by atoms with Gasteiger partial charge in [-0.3, -0.25) is 14.5 Å². The van der Waals surface area contributed by atoms with Gasteiger partial charge in [0.05, 0.1) is 17.3 Å². The van der Waals surface area contributed by atoms with E-state index in [2.05, 4.69) is 15.5 Å². The second kappa shape index (κ2) is 11.1. The fourth-order valence-electron chi connectivity index (χ4n) is 4.33. The summed E-state index contributed by atoms with van der Waals surface area (Å²) < 4.78 is 13.1. The summed E-state index contributed by atoms with van der Waals surface area (Å²) in [6.45, 7) is 4.28. The summed E-state index contributed by atoms with van der Waals surface area (Å²) in [5, 5.41) is 6.00. The Balaban J connectivity index is 1.33. The molecule has 1 saturated heterocycles. The molecule has 6 heteroatoms. The Morgan fingerprint density at radius 3 is 2.29 bits per heavy atom. The lowest BCUT2D eigenvalue weighted by Gasteiger charge is -2.31. The summed E-state index contributed by atoms with van der Waals surface area (Å²) >= 11 is 0. The molecule has 0 bridgehead atoms. The topological polar surface area (TPSA) is 61.4 Å². The minimum absolute atomic E-state index is 0.0576. The van der Waals surface area contributed by atoms with Crippen LogP contribution in [-0.4, -0.2) is 29.8 Å². The Morgan fingerprint density at radius 1 is 0.941 bits per heavy atom. The summed E-state index contributed by atoms with van der Waals surface area (Å²) in [7, 11) is 0. The largest absolute Gasteiger partial charge is 0.345 e. The molecule has 0 spiro atoms. The average molecular weight is 460 g/mol. The van der Waals surface area contributed by atoms with E-state index in [1.165, 1.54) is 12.1 Å². The number of hydrogen-bond acceptors (Lipinski definition) is 3. The Hall–Kier alpha value is -3.51. The van der Waals surface area contributed by atoms with Crippen LogP contribution in [0.4, 0.5) is 10.1 Å². The third-order valence-electron chi connectivity index (χ3n) is 6.35. The van der Waals surface area contributed by atoms with Crippen molar-refractivity contribution < 1.29 is 14.0 Å². The number of hydrogen-bond donors (Lipinski definition) is 2. The fraction of sp³-hybridized carbons (Fsp3) is 0.286. The van der Waals surface area contributed by atoms with Gasteiger partial charge in [0.1, 0.15) is 5.82 Å². The molecule has 2 amide bonds. The van der Waals surface area contributed by atoms with Gasteiger partial charge < -0.3 is 10.6 Å². The van der Waals surface area contributed by atoms with Crippen molar-refractivity contribution in [2.45, 2.75) is 32.4 Å². The van der Waals surface area contributed by atoms with Crippen molar-refractivity contribution in [1.82, 2.24) is 10.2 Å². The smallest absolute Gasteiger partial charge is 0.253 e. The molecule has 34 heavy (non-hydrogen) atoms. The van der Waals surface area contributed by atoms with Crippen molar-refractivity contribution in [2.75, 3.05) is 18.4 Å². The predicted octanol–water partition coefficient (Wildman–Crippen LogP) is 5.17. The maximum absolute atomic E-state index is 13.1. The van der Waals surface area contributed by atoms with Gasteiger partial charge in [-0.2, -0.15) is 0 Å². The number of likely N-dealkylation sites (tertiary alicyclic amines) is 1. The second-order valence-electron chi connectivity index (χ2n) is 8.82. The first-order valence-electron chi connectivity index (χ1n) is 11.7. The Labute approximate surface area is 200 Å². The Kier molecular flexibility index (Phi) is 7.70. The first-order valence-corrected chi connectivity index (χ1v) is 11.7. The van der Waals surface area contributed by atoms with Crippen molar-refractivity contribution in [2.24, 2.45) is 5.92 Å². The number of halogens is 1. The summed E-state index contributed by atoms with van der Waals surface area (Å²) in [5.41, 5.74) is 3.06. The van der Waals surface area contributed by atoms with E-state index in [0.717, 1.165) is 43.6 Å². The van der Waals surface area contributed by atoms with Crippen LogP contribution in [0.2, 0.25) is 0 Å². The number of carbonyl (C=O) groups is 2. The van der Waals surface area contributed by atoms with E-state index >= 15 is 0 Å². The highest BCUT2D eigenvalue weighted by atomic mass is 19.1. The molecule has 0 unspecified atom stereocenters. The molecule has 176 valence electrons. The molecule has 0 aliphatic carbocycles. The molecule has 1 atom stereocenters. The van der Waals surface area contributed by atoms with Crippen LogP contribution < -0.4 is 10.6 Å². The molecule has 0 aromatic heterocycles. The van der Waals surface area contributed by atoms with E-state index in [9.17, 15) is 14.0 Å². The van der Waals surface area contributed by atoms with E-state index in [-0.39, 0.29) is 29.6 Å². The molecular weight excluding hydrogens is 429 g/mol. The normalized spacial score (nSPS) is 15.5. The number of carbonyl (C=O) groups excluding carboxylic acids is 2. The number of benzene rings is 3. The van der Waals surface area contributed by atoms with Crippen LogP contribution in [0, 0.1) is 11.7 Å². The lowest BCUT2D eigenvalue weighted by Crippen LogP contribution is -2.38. The number of anilines is 1. The van der Waals surface area contributed by atoms with Crippen molar-refractivity contribution >= 4 is 17.5 Å². The van der Waals surface area contributed by atoms with Crippen molar-refractivity contribution in [3.8, 4) is 0 Å². The molecule has 0 saturated carbocycles. The van der Waals surface area contributed by atoms with Gasteiger partial charge in [0.25, 0.3) is 5.91 Å². The van der Waals surface area contributed by atoms with Gasteiger partial charge >= 0.3 is 0 Å². The SMILES string of the molecule is C[C@H](NC(=O)c1ccccc1NC(=O)C1CCN(Cc2ccc(F)cc2)CC1)c1ccccc1. The molecule has 1 aliphatic heterocycles. The standard InChI is InChI=1S/C28H30FN3O2/c1-20(22-7-3-2-4-8-22)30-28(34)25-9-5-6-10-26(25)31-27(33)23-15-17-32(18-16-23)19-21-11-13-24(29)14-12-21/h2-14,20,23H,15-19H2,1H3,(H,30,34)(H,31,33)/t20-/m0/s1. The number of para-hydroxylation sites is 1. The van der Waals surface area contributed by atoms with Gasteiger partial charge in [-0.15, -0.1) is 0 Å². The number of nitrogens with zero attached hydrogens (tertiary/aromatic N) is 1. The molecule has 1 fully saturated rings. The summed E-state index contributed by atoms with van der Waals surface area (Å²) in [6, 6.07) is 23.3. The van der Waals surface area contributed by atoms with Gasteiger partial charge in [0.2, 0.25) is 5.91 Å². The summed E-state index contributed by atoms with van der Waals surface area (Å²) in [4.78, 5) is 28.2. The third-order valence-corrected chi connectivity index (χ3v) is 6.35. The molecule has 0 radical (unpaired) electrons. The lowest BCUT2D eigenvalue weighted by molar-refractivity contribution is -0.121.